The molecule has 4 rings (SSSR count). The van der Waals surface area contributed by atoms with E-state index in [0.29, 0.717) is 41.4 Å². The van der Waals surface area contributed by atoms with E-state index >= 15 is 0 Å². The molecule has 190 valence electrons. The van der Waals surface area contributed by atoms with Crippen molar-refractivity contribution in [1.29, 1.82) is 0 Å². The number of nitrogens with zero attached hydrogens (tertiary/aromatic N) is 1. The molecule has 2 heterocycles. The number of hydrogen-bond donors (Lipinski definition) is 1. The molecule has 2 atom stereocenters. The summed E-state index contributed by atoms with van der Waals surface area (Å²) in [5.74, 6) is 0.0600. The molecular weight excluding hydrogens is 507 g/mol. The van der Waals surface area contributed by atoms with Gasteiger partial charge in [-0.3, -0.25) is 4.79 Å². The standard InChI is InChI=1S/C26H32Cl2N2O4S/c1-3-26(4-2)15-23(21-9-5-6-10-24(21)34-26)29-25(31)18-8-7-13-30(16-18)35(32,33)17-19-11-12-20(27)14-22(19)28/h5-6,9-12,14,18,23H,3-4,7-8,13,15-17H2,1-2H3,(H,29,31)/t18-,23+/m1/s1. The Hall–Kier alpha value is -1.80. The smallest absolute Gasteiger partial charge is 0.224 e. The lowest BCUT2D eigenvalue weighted by Gasteiger charge is -2.42. The summed E-state index contributed by atoms with van der Waals surface area (Å²) in [5, 5.41) is 4.00. The summed E-state index contributed by atoms with van der Waals surface area (Å²) < 4.78 is 34.1. The molecule has 9 heteroatoms. The average molecular weight is 540 g/mol. The number of fused-ring (bicyclic) bond motifs is 1. The number of benzene rings is 2. The molecule has 2 aromatic rings. The highest BCUT2D eigenvalue weighted by Crippen LogP contribution is 2.42. The lowest BCUT2D eigenvalue weighted by Crippen LogP contribution is -2.49. The number of hydrogen-bond acceptors (Lipinski definition) is 4. The number of para-hydroxylation sites is 1. The number of nitrogens with one attached hydrogen (secondary N) is 1. The molecular formula is C26H32Cl2N2O4S. The molecule has 2 aliphatic heterocycles. The van der Waals surface area contributed by atoms with Crippen LogP contribution in [-0.4, -0.2) is 37.3 Å². The van der Waals surface area contributed by atoms with E-state index in [9.17, 15) is 13.2 Å². The van der Waals surface area contributed by atoms with E-state index < -0.39 is 15.9 Å². The first-order valence-electron chi connectivity index (χ1n) is 12.2. The van der Waals surface area contributed by atoms with Crippen LogP contribution in [0.2, 0.25) is 10.0 Å². The minimum Gasteiger partial charge on any atom is -0.487 e. The summed E-state index contributed by atoms with van der Waals surface area (Å²) >= 11 is 12.2. The van der Waals surface area contributed by atoms with Gasteiger partial charge in [-0.2, -0.15) is 0 Å². The maximum atomic E-state index is 13.4. The second-order valence-electron chi connectivity index (χ2n) is 9.48. The normalized spacial score (nSPS) is 22.2. The first kappa shape index (κ1) is 26.3. The summed E-state index contributed by atoms with van der Waals surface area (Å²) in [6, 6.07) is 12.5. The number of carbonyl (C=O) groups excluding carboxylic acids is 1. The molecule has 0 saturated carbocycles. The number of rotatable bonds is 7. The molecule has 2 aromatic carbocycles. The molecule has 0 aromatic heterocycles. The van der Waals surface area contributed by atoms with Crippen molar-refractivity contribution in [2.24, 2.45) is 5.92 Å². The number of sulfonamides is 1. The van der Waals surface area contributed by atoms with Gasteiger partial charge in [0.15, 0.2) is 0 Å². The third-order valence-corrected chi connectivity index (χ3v) is 9.68. The Bertz CT molecular complexity index is 1180. The van der Waals surface area contributed by atoms with E-state index in [-0.39, 0.29) is 29.8 Å². The van der Waals surface area contributed by atoms with E-state index in [1.807, 2.05) is 24.3 Å². The highest BCUT2D eigenvalue weighted by molar-refractivity contribution is 7.88. The predicted molar refractivity (Wildman–Crippen MR) is 139 cm³/mol. The number of amides is 1. The molecule has 0 spiro atoms. The fourth-order valence-corrected chi connectivity index (χ4v) is 7.25. The summed E-state index contributed by atoms with van der Waals surface area (Å²) in [6.45, 7) is 4.77. The van der Waals surface area contributed by atoms with Crippen molar-refractivity contribution in [3.63, 3.8) is 0 Å². The number of carbonyl (C=O) groups is 1. The van der Waals surface area contributed by atoms with Gasteiger partial charge in [-0.1, -0.05) is 61.3 Å². The average Bonchev–Trinajstić information content (AvgIpc) is 2.85. The Morgan fingerprint density at radius 2 is 1.91 bits per heavy atom. The molecule has 0 radical (unpaired) electrons. The van der Waals surface area contributed by atoms with Crippen LogP contribution in [-0.2, 0) is 20.6 Å². The predicted octanol–water partition coefficient (Wildman–Crippen LogP) is 5.73. The lowest BCUT2D eigenvalue weighted by atomic mass is 9.83. The van der Waals surface area contributed by atoms with Gasteiger partial charge in [0, 0.05) is 35.1 Å². The van der Waals surface area contributed by atoms with Crippen LogP contribution in [0.1, 0.15) is 63.1 Å². The molecule has 6 nitrogen and oxygen atoms in total. The first-order chi connectivity index (χ1) is 16.7. The molecule has 0 bridgehead atoms. The number of halogens is 2. The van der Waals surface area contributed by atoms with Crippen molar-refractivity contribution in [2.45, 2.75) is 63.3 Å². The van der Waals surface area contributed by atoms with Crippen LogP contribution in [0.25, 0.3) is 0 Å². The van der Waals surface area contributed by atoms with Gasteiger partial charge in [0.1, 0.15) is 11.4 Å². The highest BCUT2D eigenvalue weighted by atomic mass is 35.5. The SMILES string of the molecule is CCC1(CC)C[C@H](NC(=O)[C@@H]2CCCN(S(=O)(=O)Cc3ccc(Cl)cc3Cl)C2)c2ccccc2O1. The van der Waals surface area contributed by atoms with Gasteiger partial charge >= 0.3 is 0 Å². The highest BCUT2D eigenvalue weighted by Gasteiger charge is 2.40. The van der Waals surface area contributed by atoms with Gasteiger partial charge in [0.2, 0.25) is 15.9 Å². The van der Waals surface area contributed by atoms with Crippen LogP contribution in [0, 0.1) is 5.92 Å². The molecule has 0 unspecified atom stereocenters. The zero-order valence-electron chi connectivity index (χ0n) is 20.1. The van der Waals surface area contributed by atoms with Crippen molar-refractivity contribution >= 4 is 39.1 Å². The molecule has 1 saturated heterocycles. The van der Waals surface area contributed by atoms with E-state index in [0.717, 1.165) is 24.2 Å². The van der Waals surface area contributed by atoms with Gasteiger partial charge in [0.25, 0.3) is 0 Å². The maximum Gasteiger partial charge on any atom is 0.224 e. The van der Waals surface area contributed by atoms with Crippen LogP contribution in [0.5, 0.6) is 5.75 Å². The summed E-state index contributed by atoms with van der Waals surface area (Å²) in [7, 11) is -3.64. The van der Waals surface area contributed by atoms with E-state index in [1.54, 1.807) is 18.2 Å². The van der Waals surface area contributed by atoms with E-state index in [1.165, 1.54) is 4.31 Å². The molecule has 0 aliphatic carbocycles. The quantitative estimate of drug-likeness (QED) is 0.488. The maximum absolute atomic E-state index is 13.4. The summed E-state index contributed by atoms with van der Waals surface area (Å²) in [4.78, 5) is 13.4. The number of piperidine rings is 1. The van der Waals surface area contributed by atoms with E-state index in [4.69, 9.17) is 27.9 Å². The van der Waals surface area contributed by atoms with Crippen LogP contribution in [0.15, 0.2) is 42.5 Å². The second kappa shape index (κ2) is 10.7. The Morgan fingerprint density at radius 1 is 1.17 bits per heavy atom. The zero-order chi connectivity index (χ0) is 25.2. The second-order valence-corrected chi connectivity index (χ2v) is 12.3. The van der Waals surface area contributed by atoms with Crippen molar-refractivity contribution in [3.8, 4) is 5.75 Å². The minimum absolute atomic E-state index is 0.114. The van der Waals surface area contributed by atoms with Crippen molar-refractivity contribution < 1.29 is 17.9 Å². The monoisotopic (exact) mass is 538 g/mol. The van der Waals surface area contributed by atoms with Gasteiger partial charge < -0.3 is 10.1 Å². The fourth-order valence-electron chi connectivity index (χ4n) is 5.06. The summed E-state index contributed by atoms with van der Waals surface area (Å²) in [6.07, 6.45) is 3.65. The summed E-state index contributed by atoms with van der Waals surface area (Å²) in [5.41, 5.74) is 1.14. The molecule has 35 heavy (non-hydrogen) atoms. The molecule has 2 aliphatic rings. The van der Waals surface area contributed by atoms with Crippen LogP contribution in [0.3, 0.4) is 0 Å². The van der Waals surface area contributed by atoms with Gasteiger partial charge in [-0.25, -0.2) is 12.7 Å². The Kier molecular flexibility index (Phi) is 8.01. The van der Waals surface area contributed by atoms with Crippen LogP contribution >= 0.6 is 23.2 Å². The molecule has 1 N–H and O–H groups in total. The Labute approximate surface area is 218 Å². The zero-order valence-corrected chi connectivity index (χ0v) is 22.4. The fraction of sp³-hybridized carbons (Fsp3) is 0.500. The minimum atomic E-state index is -3.64. The van der Waals surface area contributed by atoms with Crippen molar-refractivity contribution in [2.75, 3.05) is 13.1 Å². The first-order valence-corrected chi connectivity index (χ1v) is 14.5. The topological polar surface area (TPSA) is 75.7 Å². The van der Waals surface area contributed by atoms with Crippen molar-refractivity contribution in [3.05, 3.63) is 63.6 Å². The van der Waals surface area contributed by atoms with Gasteiger partial charge in [0.05, 0.1) is 17.7 Å². The largest absolute Gasteiger partial charge is 0.487 e. The van der Waals surface area contributed by atoms with E-state index in [2.05, 4.69) is 19.2 Å². The molecule has 1 fully saturated rings. The van der Waals surface area contributed by atoms with Crippen LogP contribution in [0.4, 0.5) is 0 Å². The molecule has 1 amide bonds. The Morgan fingerprint density at radius 3 is 2.63 bits per heavy atom. The van der Waals surface area contributed by atoms with Crippen LogP contribution < -0.4 is 10.1 Å². The lowest BCUT2D eigenvalue weighted by molar-refractivity contribution is -0.127. The Balaban J connectivity index is 1.47. The van der Waals surface area contributed by atoms with Crippen molar-refractivity contribution in [1.82, 2.24) is 9.62 Å². The third-order valence-electron chi connectivity index (χ3n) is 7.30. The number of ether oxygens (including phenoxy) is 1. The third kappa shape index (κ3) is 5.79. The van der Waals surface area contributed by atoms with Gasteiger partial charge in [-0.05, 0) is 49.4 Å². The van der Waals surface area contributed by atoms with Gasteiger partial charge in [-0.15, -0.1) is 0 Å².